The van der Waals surface area contributed by atoms with Crippen molar-refractivity contribution in [3.05, 3.63) is 70.2 Å². The van der Waals surface area contributed by atoms with Crippen LogP contribution in [0, 0.1) is 5.41 Å². The van der Waals surface area contributed by atoms with Gasteiger partial charge >= 0.3 is 0 Å². The van der Waals surface area contributed by atoms with Crippen molar-refractivity contribution in [2.24, 2.45) is 5.73 Å². The normalized spacial score (nSPS) is 10.4. The van der Waals surface area contributed by atoms with Crippen LogP contribution in [0.4, 0.5) is 0 Å². The molecule has 0 atom stereocenters. The maximum atomic E-state index is 12.2. The summed E-state index contributed by atoms with van der Waals surface area (Å²) in [5.74, 6) is 0.570. The standard InChI is InChI=1S/C18H20ClN3OS/c19-16-8-4-3-5-13(16)9-10-22-17(23)11-14-6-1-2-7-15(14)12-24-18(20)21/h1-8H,9-12H2,(H3,20,21)(H,22,23). The number of benzene rings is 2. The quantitative estimate of drug-likeness (QED) is 0.522. The Bertz CT molecular complexity index is 721. The first kappa shape index (κ1) is 18.4. The summed E-state index contributed by atoms with van der Waals surface area (Å²) in [6, 6.07) is 15.4. The molecule has 0 radical (unpaired) electrons. The Morgan fingerprint density at radius 2 is 1.71 bits per heavy atom. The largest absolute Gasteiger partial charge is 0.379 e. The van der Waals surface area contributed by atoms with Gasteiger partial charge in [0.05, 0.1) is 6.42 Å². The minimum Gasteiger partial charge on any atom is -0.379 e. The van der Waals surface area contributed by atoms with Crippen molar-refractivity contribution in [1.82, 2.24) is 5.32 Å². The number of carbonyl (C=O) groups excluding carboxylic acids is 1. The number of halogens is 1. The SMILES string of the molecule is N=C(N)SCc1ccccc1CC(=O)NCCc1ccccc1Cl. The van der Waals surface area contributed by atoms with Gasteiger partial charge in [-0.05, 0) is 29.2 Å². The number of thioether (sulfide) groups is 1. The molecule has 2 aromatic rings. The summed E-state index contributed by atoms with van der Waals surface area (Å²) >= 11 is 7.36. The highest BCUT2D eigenvalue weighted by atomic mass is 35.5. The minimum absolute atomic E-state index is 0.0256. The van der Waals surface area contributed by atoms with Gasteiger partial charge in [0.15, 0.2) is 5.17 Å². The number of nitrogens with one attached hydrogen (secondary N) is 2. The second-order valence-electron chi connectivity index (χ2n) is 5.29. The van der Waals surface area contributed by atoms with E-state index >= 15 is 0 Å². The maximum Gasteiger partial charge on any atom is 0.224 e. The number of nitrogens with two attached hydrogens (primary N) is 1. The first-order valence-electron chi connectivity index (χ1n) is 7.60. The molecule has 0 saturated carbocycles. The van der Waals surface area contributed by atoms with E-state index in [-0.39, 0.29) is 11.1 Å². The van der Waals surface area contributed by atoms with Crippen LogP contribution in [0.5, 0.6) is 0 Å². The Balaban J connectivity index is 1.86. The molecule has 4 nitrogen and oxygen atoms in total. The van der Waals surface area contributed by atoms with Crippen molar-refractivity contribution < 1.29 is 4.79 Å². The second kappa shape index (κ2) is 9.35. The molecule has 0 bridgehead atoms. The number of amidine groups is 1. The third-order valence-corrected chi connectivity index (χ3v) is 4.66. The van der Waals surface area contributed by atoms with Gasteiger partial charge in [-0.1, -0.05) is 65.8 Å². The number of rotatable bonds is 7. The molecule has 1 amide bonds. The first-order valence-corrected chi connectivity index (χ1v) is 8.96. The molecule has 0 spiro atoms. The minimum atomic E-state index is -0.0256. The molecule has 0 aliphatic carbocycles. The van der Waals surface area contributed by atoms with Crippen LogP contribution < -0.4 is 11.1 Å². The van der Waals surface area contributed by atoms with Crippen LogP contribution >= 0.6 is 23.4 Å². The molecule has 2 aromatic carbocycles. The van der Waals surface area contributed by atoms with Crippen LogP contribution in [-0.2, 0) is 23.4 Å². The molecule has 0 saturated heterocycles. The van der Waals surface area contributed by atoms with E-state index in [0.29, 0.717) is 25.1 Å². The van der Waals surface area contributed by atoms with E-state index in [1.807, 2.05) is 48.5 Å². The molecule has 0 fully saturated rings. The van der Waals surface area contributed by atoms with Gasteiger partial charge in [-0.3, -0.25) is 10.2 Å². The summed E-state index contributed by atoms with van der Waals surface area (Å²) in [4.78, 5) is 12.2. The van der Waals surface area contributed by atoms with Crippen molar-refractivity contribution in [1.29, 1.82) is 5.41 Å². The van der Waals surface area contributed by atoms with Crippen LogP contribution in [0.1, 0.15) is 16.7 Å². The van der Waals surface area contributed by atoms with Crippen molar-refractivity contribution >= 4 is 34.4 Å². The fourth-order valence-corrected chi connectivity index (χ4v) is 3.12. The first-order chi connectivity index (χ1) is 11.6. The summed E-state index contributed by atoms with van der Waals surface area (Å²) in [5.41, 5.74) is 8.39. The van der Waals surface area contributed by atoms with Crippen molar-refractivity contribution in [3.63, 3.8) is 0 Å². The van der Waals surface area contributed by atoms with Gasteiger partial charge in [0.2, 0.25) is 5.91 Å². The van der Waals surface area contributed by atoms with E-state index in [4.69, 9.17) is 22.7 Å². The average Bonchev–Trinajstić information content (AvgIpc) is 2.56. The Hall–Kier alpha value is -1.98. The lowest BCUT2D eigenvalue weighted by Crippen LogP contribution is -2.27. The molecule has 0 heterocycles. The molecule has 0 aliphatic heterocycles. The third-order valence-electron chi connectivity index (χ3n) is 3.53. The predicted molar refractivity (Wildman–Crippen MR) is 102 cm³/mol. The molecule has 6 heteroatoms. The van der Waals surface area contributed by atoms with E-state index in [1.165, 1.54) is 11.8 Å². The Kier molecular flexibility index (Phi) is 7.15. The maximum absolute atomic E-state index is 12.2. The highest BCUT2D eigenvalue weighted by molar-refractivity contribution is 8.13. The number of amides is 1. The Morgan fingerprint density at radius 3 is 2.38 bits per heavy atom. The van der Waals surface area contributed by atoms with Gasteiger partial charge < -0.3 is 11.1 Å². The van der Waals surface area contributed by atoms with Gasteiger partial charge in [0, 0.05) is 17.3 Å². The summed E-state index contributed by atoms with van der Waals surface area (Å²) < 4.78 is 0. The molecule has 126 valence electrons. The Morgan fingerprint density at radius 1 is 1.08 bits per heavy atom. The lowest BCUT2D eigenvalue weighted by molar-refractivity contribution is -0.120. The third kappa shape index (κ3) is 5.91. The van der Waals surface area contributed by atoms with Gasteiger partial charge in [0.1, 0.15) is 0 Å². The van der Waals surface area contributed by atoms with Gasteiger partial charge in [-0.25, -0.2) is 0 Å². The summed E-state index contributed by atoms with van der Waals surface area (Å²) in [6.07, 6.45) is 1.02. The van der Waals surface area contributed by atoms with Crippen LogP contribution in [0.2, 0.25) is 5.02 Å². The molecule has 2 rings (SSSR count). The van der Waals surface area contributed by atoms with Gasteiger partial charge in [-0.2, -0.15) is 0 Å². The van der Waals surface area contributed by atoms with Crippen LogP contribution in [0.25, 0.3) is 0 Å². The lowest BCUT2D eigenvalue weighted by atomic mass is 10.1. The molecule has 0 unspecified atom stereocenters. The van der Waals surface area contributed by atoms with E-state index in [1.54, 1.807) is 0 Å². The van der Waals surface area contributed by atoms with E-state index in [0.717, 1.165) is 21.7 Å². The zero-order valence-corrected chi connectivity index (χ0v) is 14.8. The van der Waals surface area contributed by atoms with Crippen molar-refractivity contribution in [2.45, 2.75) is 18.6 Å². The summed E-state index contributed by atoms with van der Waals surface area (Å²) in [5, 5.41) is 11.0. The molecule has 0 aromatic heterocycles. The van der Waals surface area contributed by atoms with Gasteiger partial charge in [-0.15, -0.1) is 0 Å². The Labute approximate surface area is 151 Å². The predicted octanol–water partition coefficient (Wildman–Crippen LogP) is 3.37. The molecule has 24 heavy (non-hydrogen) atoms. The van der Waals surface area contributed by atoms with Crippen LogP contribution in [-0.4, -0.2) is 17.6 Å². The van der Waals surface area contributed by atoms with Crippen LogP contribution in [0.3, 0.4) is 0 Å². The van der Waals surface area contributed by atoms with E-state index in [2.05, 4.69) is 5.32 Å². The fourth-order valence-electron chi connectivity index (χ4n) is 2.30. The number of carbonyl (C=O) groups is 1. The number of hydrogen-bond donors (Lipinski definition) is 3. The van der Waals surface area contributed by atoms with E-state index in [9.17, 15) is 4.79 Å². The zero-order chi connectivity index (χ0) is 17.4. The fraction of sp³-hybridized carbons (Fsp3) is 0.222. The second-order valence-corrected chi connectivity index (χ2v) is 6.71. The molecular weight excluding hydrogens is 342 g/mol. The average molecular weight is 362 g/mol. The molecule has 0 aliphatic rings. The van der Waals surface area contributed by atoms with Crippen molar-refractivity contribution in [2.75, 3.05) is 6.54 Å². The zero-order valence-electron chi connectivity index (χ0n) is 13.2. The van der Waals surface area contributed by atoms with Gasteiger partial charge in [0.25, 0.3) is 0 Å². The monoisotopic (exact) mass is 361 g/mol. The number of hydrogen-bond acceptors (Lipinski definition) is 3. The molecule has 4 N–H and O–H groups in total. The summed E-state index contributed by atoms with van der Waals surface area (Å²) in [7, 11) is 0. The highest BCUT2D eigenvalue weighted by Crippen LogP contribution is 2.17. The topological polar surface area (TPSA) is 79.0 Å². The van der Waals surface area contributed by atoms with Crippen molar-refractivity contribution in [3.8, 4) is 0 Å². The van der Waals surface area contributed by atoms with E-state index < -0.39 is 0 Å². The molecular formula is C18H20ClN3OS. The highest BCUT2D eigenvalue weighted by Gasteiger charge is 2.08. The smallest absolute Gasteiger partial charge is 0.224 e. The summed E-state index contributed by atoms with van der Waals surface area (Å²) in [6.45, 7) is 0.549. The van der Waals surface area contributed by atoms with Crippen LogP contribution in [0.15, 0.2) is 48.5 Å². The lowest BCUT2D eigenvalue weighted by Gasteiger charge is -2.10.